The van der Waals surface area contributed by atoms with Crippen LogP contribution in [0.4, 0.5) is 0 Å². The van der Waals surface area contributed by atoms with E-state index < -0.39 is 0 Å². The lowest BCUT2D eigenvalue weighted by atomic mass is 10.1. The molecular weight excluding hydrogens is 310 g/mol. The van der Waals surface area contributed by atoms with Crippen molar-refractivity contribution in [3.05, 3.63) is 36.0 Å². The van der Waals surface area contributed by atoms with E-state index >= 15 is 0 Å². The molecule has 0 saturated carbocycles. The van der Waals surface area contributed by atoms with E-state index in [0.29, 0.717) is 42.9 Å². The van der Waals surface area contributed by atoms with Crippen LogP contribution in [0.1, 0.15) is 31.0 Å². The van der Waals surface area contributed by atoms with Crippen LogP contribution in [0.25, 0.3) is 0 Å². The number of nitrogens with zero attached hydrogens (tertiary/aromatic N) is 3. The zero-order valence-electron chi connectivity index (χ0n) is 13.9. The standard InChI is InChI=1S/C17H21N3O4/c1-3-22-14-6-4-5-7-15(14)23-11-16(21)20-9-8-13(10-20)17-18-12(2)19-24-17/h4-7,13H,3,8-11H2,1-2H3/t13-/m1/s1. The maximum Gasteiger partial charge on any atom is 0.260 e. The average molecular weight is 331 g/mol. The SMILES string of the molecule is CCOc1ccccc1OCC(=O)N1CC[C@@H](c2nc(C)no2)C1. The first-order valence-electron chi connectivity index (χ1n) is 8.10. The Labute approximate surface area is 140 Å². The molecule has 0 N–H and O–H groups in total. The topological polar surface area (TPSA) is 77.7 Å². The first-order valence-corrected chi connectivity index (χ1v) is 8.10. The second kappa shape index (κ2) is 7.33. The van der Waals surface area contributed by atoms with Gasteiger partial charge in [0, 0.05) is 13.1 Å². The van der Waals surface area contributed by atoms with E-state index in [1.54, 1.807) is 17.9 Å². The number of aryl methyl sites for hydroxylation is 1. The second-order valence-corrected chi connectivity index (χ2v) is 5.67. The van der Waals surface area contributed by atoms with Crippen molar-refractivity contribution in [1.29, 1.82) is 0 Å². The molecule has 0 spiro atoms. The molecule has 3 rings (SSSR count). The fourth-order valence-electron chi connectivity index (χ4n) is 2.74. The molecule has 7 nitrogen and oxygen atoms in total. The highest BCUT2D eigenvalue weighted by Gasteiger charge is 2.31. The number of benzene rings is 1. The van der Waals surface area contributed by atoms with Crippen molar-refractivity contribution in [2.45, 2.75) is 26.2 Å². The van der Waals surface area contributed by atoms with E-state index in [0.717, 1.165) is 6.42 Å². The number of amides is 1. The molecule has 1 amide bonds. The van der Waals surface area contributed by atoms with Crippen molar-refractivity contribution in [3.8, 4) is 11.5 Å². The quantitative estimate of drug-likeness (QED) is 0.807. The first-order chi connectivity index (χ1) is 11.7. The minimum absolute atomic E-state index is 0.0142. The molecule has 0 radical (unpaired) electrons. The average Bonchev–Trinajstić information content (AvgIpc) is 3.23. The van der Waals surface area contributed by atoms with Gasteiger partial charge in [-0.1, -0.05) is 17.3 Å². The summed E-state index contributed by atoms with van der Waals surface area (Å²) in [5, 5.41) is 3.81. The van der Waals surface area contributed by atoms with Gasteiger partial charge >= 0.3 is 0 Å². The van der Waals surface area contributed by atoms with Crippen LogP contribution in [0, 0.1) is 6.92 Å². The molecule has 7 heteroatoms. The lowest BCUT2D eigenvalue weighted by molar-refractivity contribution is -0.132. The van der Waals surface area contributed by atoms with Gasteiger partial charge in [0.2, 0.25) is 5.89 Å². The Bertz CT molecular complexity index is 701. The number of aromatic nitrogens is 2. The van der Waals surface area contributed by atoms with Crippen molar-refractivity contribution in [1.82, 2.24) is 15.0 Å². The Balaban J connectivity index is 1.55. The Morgan fingerprint density at radius 2 is 2.08 bits per heavy atom. The number of carbonyl (C=O) groups is 1. The number of likely N-dealkylation sites (tertiary alicyclic amines) is 1. The summed E-state index contributed by atoms with van der Waals surface area (Å²) in [6.45, 7) is 5.48. The Morgan fingerprint density at radius 1 is 1.33 bits per heavy atom. The van der Waals surface area contributed by atoms with Gasteiger partial charge in [-0.25, -0.2) is 0 Å². The van der Waals surface area contributed by atoms with Crippen LogP contribution >= 0.6 is 0 Å². The Hall–Kier alpha value is -2.57. The predicted molar refractivity (Wildman–Crippen MR) is 86.1 cm³/mol. The van der Waals surface area contributed by atoms with Crippen LogP contribution in [0.2, 0.25) is 0 Å². The summed E-state index contributed by atoms with van der Waals surface area (Å²) in [6.07, 6.45) is 0.822. The smallest absolute Gasteiger partial charge is 0.260 e. The van der Waals surface area contributed by atoms with Crippen LogP contribution in [-0.2, 0) is 4.79 Å². The number of ether oxygens (including phenoxy) is 2. The number of rotatable bonds is 6. The number of hydrogen-bond donors (Lipinski definition) is 0. The van der Waals surface area contributed by atoms with Crippen molar-refractivity contribution < 1.29 is 18.8 Å². The molecule has 24 heavy (non-hydrogen) atoms. The number of para-hydroxylation sites is 2. The molecule has 1 atom stereocenters. The summed E-state index contributed by atoms with van der Waals surface area (Å²) < 4.78 is 16.3. The second-order valence-electron chi connectivity index (χ2n) is 5.67. The first kappa shape index (κ1) is 16.3. The summed E-state index contributed by atoms with van der Waals surface area (Å²) in [5.41, 5.74) is 0. The van der Waals surface area contributed by atoms with Gasteiger partial charge in [-0.3, -0.25) is 4.79 Å². The summed E-state index contributed by atoms with van der Waals surface area (Å²) in [5.74, 6) is 2.49. The molecular formula is C17H21N3O4. The summed E-state index contributed by atoms with van der Waals surface area (Å²) in [7, 11) is 0. The van der Waals surface area contributed by atoms with Crippen LogP contribution in [-0.4, -0.2) is 47.3 Å². The highest BCUT2D eigenvalue weighted by molar-refractivity contribution is 5.78. The van der Waals surface area contributed by atoms with Crippen molar-refractivity contribution in [3.63, 3.8) is 0 Å². The largest absolute Gasteiger partial charge is 0.490 e. The molecule has 2 heterocycles. The van der Waals surface area contributed by atoms with E-state index in [4.69, 9.17) is 14.0 Å². The highest BCUT2D eigenvalue weighted by atomic mass is 16.5. The molecule has 1 aliphatic rings. The fraction of sp³-hybridized carbons (Fsp3) is 0.471. The molecule has 0 aliphatic carbocycles. The molecule has 0 bridgehead atoms. The Kier molecular flexibility index (Phi) is 4.98. The monoisotopic (exact) mass is 331 g/mol. The summed E-state index contributed by atoms with van der Waals surface area (Å²) >= 11 is 0. The molecule has 128 valence electrons. The fourth-order valence-corrected chi connectivity index (χ4v) is 2.74. The molecule has 1 aliphatic heterocycles. The zero-order valence-corrected chi connectivity index (χ0v) is 13.9. The van der Waals surface area contributed by atoms with Gasteiger partial charge in [0.05, 0.1) is 12.5 Å². The van der Waals surface area contributed by atoms with Crippen LogP contribution in [0.5, 0.6) is 11.5 Å². The third-order valence-corrected chi connectivity index (χ3v) is 3.93. The lowest BCUT2D eigenvalue weighted by Crippen LogP contribution is -2.32. The van der Waals surface area contributed by atoms with E-state index in [1.165, 1.54) is 0 Å². The normalized spacial score (nSPS) is 17.1. The molecule has 1 fully saturated rings. The minimum atomic E-state index is -0.0555. The summed E-state index contributed by atoms with van der Waals surface area (Å²) in [6, 6.07) is 7.35. The third kappa shape index (κ3) is 3.67. The highest BCUT2D eigenvalue weighted by Crippen LogP contribution is 2.28. The zero-order chi connectivity index (χ0) is 16.9. The van der Waals surface area contributed by atoms with Gasteiger partial charge in [-0.05, 0) is 32.4 Å². The minimum Gasteiger partial charge on any atom is -0.490 e. The van der Waals surface area contributed by atoms with Crippen LogP contribution in [0.15, 0.2) is 28.8 Å². The summed E-state index contributed by atoms with van der Waals surface area (Å²) in [4.78, 5) is 18.4. The predicted octanol–water partition coefficient (Wildman–Crippen LogP) is 2.17. The van der Waals surface area contributed by atoms with Gasteiger partial charge in [-0.2, -0.15) is 4.98 Å². The molecule has 0 unspecified atom stereocenters. The van der Waals surface area contributed by atoms with Gasteiger partial charge in [-0.15, -0.1) is 0 Å². The third-order valence-electron chi connectivity index (χ3n) is 3.93. The van der Waals surface area contributed by atoms with E-state index in [2.05, 4.69) is 10.1 Å². The van der Waals surface area contributed by atoms with Gasteiger partial charge in [0.1, 0.15) is 0 Å². The van der Waals surface area contributed by atoms with Crippen molar-refractivity contribution in [2.75, 3.05) is 26.3 Å². The number of carbonyl (C=O) groups excluding carboxylic acids is 1. The maximum atomic E-state index is 12.4. The Morgan fingerprint density at radius 3 is 2.75 bits per heavy atom. The van der Waals surface area contributed by atoms with Crippen molar-refractivity contribution in [2.24, 2.45) is 0 Å². The molecule has 1 saturated heterocycles. The number of hydrogen-bond acceptors (Lipinski definition) is 6. The van der Waals surface area contributed by atoms with Crippen LogP contribution in [0.3, 0.4) is 0 Å². The molecule has 2 aromatic rings. The van der Waals surface area contributed by atoms with Gasteiger partial charge < -0.3 is 18.9 Å². The van der Waals surface area contributed by atoms with E-state index in [1.807, 2.05) is 25.1 Å². The van der Waals surface area contributed by atoms with Gasteiger partial charge in [0.25, 0.3) is 5.91 Å². The van der Waals surface area contributed by atoms with E-state index in [9.17, 15) is 4.79 Å². The molecule has 1 aromatic carbocycles. The van der Waals surface area contributed by atoms with Gasteiger partial charge in [0.15, 0.2) is 23.9 Å². The molecule has 1 aromatic heterocycles. The lowest BCUT2D eigenvalue weighted by Gasteiger charge is -2.17. The van der Waals surface area contributed by atoms with Crippen molar-refractivity contribution >= 4 is 5.91 Å². The maximum absolute atomic E-state index is 12.4. The van der Waals surface area contributed by atoms with E-state index in [-0.39, 0.29) is 18.4 Å². The van der Waals surface area contributed by atoms with Crippen LogP contribution < -0.4 is 9.47 Å².